The molecule has 0 bridgehead atoms. The van der Waals surface area contributed by atoms with Gasteiger partial charge >= 0.3 is 0 Å². The second-order valence-corrected chi connectivity index (χ2v) is 8.67. The molecule has 4 nitrogen and oxygen atoms in total. The molecular weight excluding hydrogens is 405 g/mol. The highest BCUT2D eigenvalue weighted by Gasteiger charge is 2.37. The summed E-state index contributed by atoms with van der Waals surface area (Å²) >= 11 is 6.14. The second-order valence-electron chi connectivity index (χ2n) is 8.26. The number of hydrogen-bond acceptors (Lipinski definition) is 4. The van der Waals surface area contributed by atoms with Gasteiger partial charge in [-0.3, -0.25) is 9.69 Å². The van der Waals surface area contributed by atoms with Crippen LogP contribution in [0.2, 0.25) is 5.02 Å². The fourth-order valence-corrected chi connectivity index (χ4v) is 4.92. The molecule has 0 saturated heterocycles. The standard InChI is InChI=1S/C24H23ClFNO3/c1-14-10-20-17(12-27(13-29-20)15-6-3-2-4-7-15)24-22(14)23(28)21(30-24)11-16-18(25)8-5-9-19(16)26/h5,8-11,15H,2-4,6-7,12-13H2,1H3/b21-11-. The van der Waals surface area contributed by atoms with E-state index in [4.69, 9.17) is 21.1 Å². The lowest BCUT2D eigenvalue weighted by Gasteiger charge is -2.37. The van der Waals surface area contributed by atoms with Crippen LogP contribution in [0.4, 0.5) is 4.39 Å². The summed E-state index contributed by atoms with van der Waals surface area (Å²) in [5.41, 5.74) is 2.37. The van der Waals surface area contributed by atoms with Gasteiger partial charge in [0.15, 0.2) is 5.76 Å². The fourth-order valence-electron chi connectivity index (χ4n) is 4.71. The highest BCUT2D eigenvalue weighted by Crippen LogP contribution is 2.45. The Kier molecular flexibility index (Phi) is 5.03. The number of halogens is 2. The minimum atomic E-state index is -0.493. The molecule has 1 fully saturated rings. The van der Waals surface area contributed by atoms with Gasteiger partial charge in [0.2, 0.25) is 5.78 Å². The van der Waals surface area contributed by atoms with Gasteiger partial charge in [-0.15, -0.1) is 0 Å². The Morgan fingerprint density at radius 3 is 2.80 bits per heavy atom. The molecule has 0 amide bonds. The molecular formula is C24H23ClFNO3. The first-order valence-electron chi connectivity index (χ1n) is 10.4. The lowest BCUT2D eigenvalue weighted by atomic mass is 9.93. The van der Waals surface area contributed by atoms with Gasteiger partial charge in [-0.1, -0.05) is 36.9 Å². The predicted octanol–water partition coefficient (Wildman–Crippen LogP) is 5.89. The van der Waals surface area contributed by atoms with Crippen molar-refractivity contribution >= 4 is 23.5 Å². The Balaban J connectivity index is 1.52. The number of benzene rings is 2. The third-order valence-corrected chi connectivity index (χ3v) is 6.65. The van der Waals surface area contributed by atoms with Gasteiger partial charge in [-0.05, 0) is 49.6 Å². The van der Waals surface area contributed by atoms with Gasteiger partial charge < -0.3 is 9.47 Å². The van der Waals surface area contributed by atoms with Gasteiger partial charge in [0.25, 0.3) is 0 Å². The minimum Gasteiger partial charge on any atom is -0.478 e. The van der Waals surface area contributed by atoms with E-state index in [9.17, 15) is 9.18 Å². The summed E-state index contributed by atoms with van der Waals surface area (Å²) < 4.78 is 26.3. The molecule has 30 heavy (non-hydrogen) atoms. The summed E-state index contributed by atoms with van der Waals surface area (Å²) in [6.07, 6.45) is 7.51. The van der Waals surface area contributed by atoms with Crippen LogP contribution in [0.1, 0.15) is 59.2 Å². The van der Waals surface area contributed by atoms with Gasteiger partial charge in [0.1, 0.15) is 24.0 Å². The van der Waals surface area contributed by atoms with E-state index in [1.54, 1.807) is 6.07 Å². The number of allylic oxidation sites excluding steroid dienone is 1. The Hall–Kier alpha value is -2.37. The van der Waals surface area contributed by atoms with Crippen LogP contribution in [-0.2, 0) is 6.54 Å². The van der Waals surface area contributed by atoms with E-state index < -0.39 is 5.82 Å². The van der Waals surface area contributed by atoms with Crippen molar-refractivity contribution in [1.29, 1.82) is 0 Å². The molecule has 156 valence electrons. The van der Waals surface area contributed by atoms with Crippen LogP contribution in [0.15, 0.2) is 30.0 Å². The van der Waals surface area contributed by atoms with Crippen molar-refractivity contribution in [3.63, 3.8) is 0 Å². The first-order chi connectivity index (χ1) is 14.5. The van der Waals surface area contributed by atoms with Crippen molar-refractivity contribution in [3.05, 3.63) is 63.1 Å². The number of nitrogens with zero attached hydrogens (tertiary/aromatic N) is 1. The molecule has 2 aliphatic heterocycles. The molecule has 2 heterocycles. The lowest BCUT2D eigenvalue weighted by molar-refractivity contribution is 0.0393. The van der Waals surface area contributed by atoms with E-state index in [1.807, 2.05) is 13.0 Å². The molecule has 3 aliphatic rings. The molecule has 0 N–H and O–H groups in total. The Morgan fingerprint density at radius 2 is 2.03 bits per heavy atom. The zero-order valence-electron chi connectivity index (χ0n) is 16.8. The summed E-state index contributed by atoms with van der Waals surface area (Å²) in [6, 6.07) is 6.84. The van der Waals surface area contributed by atoms with Crippen molar-refractivity contribution in [2.24, 2.45) is 0 Å². The summed E-state index contributed by atoms with van der Waals surface area (Å²) in [7, 11) is 0. The molecule has 0 aromatic heterocycles. The lowest BCUT2D eigenvalue weighted by Crippen LogP contribution is -2.41. The van der Waals surface area contributed by atoms with E-state index in [-0.39, 0.29) is 22.1 Å². The topological polar surface area (TPSA) is 38.8 Å². The zero-order chi connectivity index (χ0) is 20.8. The molecule has 2 aromatic carbocycles. The molecule has 0 radical (unpaired) electrons. The molecule has 2 aromatic rings. The number of fused-ring (bicyclic) bond motifs is 3. The van der Waals surface area contributed by atoms with E-state index in [0.29, 0.717) is 30.6 Å². The predicted molar refractivity (Wildman–Crippen MR) is 113 cm³/mol. The van der Waals surface area contributed by atoms with Crippen LogP contribution in [0, 0.1) is 12.7 Å². The van der Waals surface area contributed by atoms with E-state index in [1.165, 1.54) is 50.3 Å². The van der Waals surface area contributed by atoms with Gasteiger partial charge in [-0.25, -0.2) is 4.39 Å². The number of hydrogen-bond donors (Lipinski definition) is 0. The summed E-state index contributed by atoms with van der Waals surface area (Å²) in [4.78, 5) is 15.4. The smallest absolute Gasteiger partial charge is 0.232 e. The maximum Gasteiger partial charge on any atom is 0.232 e. The summed E-state index contributed by atoms with van der Waals surface area (Å²) in [5.74, 6) is 0.640. The quantitative estimate of drug-likeness (QED) is 0.560. The normalized spacial score (nSPS) is 20.6. The Morgan fingerprint density at radius 1 is 1.23 bits per heavy atom. The van der Waals surface area contributed by atoms with E-state index in [0.717, 1.165) is 16.9 Å². The highest BCUT2D eigenvalue weighted by molar-refractivity contribution is 6.32. The highest BCUT2D eigenvalue weighted by atomic mass is 35.5. The van der Waals surface area contributed by atoms with Gasteiger partial charge in [0, 0.05) is 18.2 Å². The number of carbonyl (C=O) groups is 1. The first kappa shape index (κ1) is 19.6. The molecule has 1 saturated carbocycles. The second kappa shape index (κ2) is 7.71. The van der Waals surface area contributed by atoms with E-state index in [2.05, 4.69) is 4.90 Å². The Bertz CT molecular complexity index is 1040. The monoisotopic (exact) mass is 427 g/mol. The van der Waals surface area contributed by atoms with Crippen LogP contribution in [0.5, 0.6) is 11.5 Å². The Labute approximate surface area is 180 Å². The van der Waals surface area contributed by atoms with Crippen molar-refractivity contribution < 1.29 is 18.7 Å². The summed E-state index contributed by atoms with van der Waals surface area (Å²) in [6.45, 7) is 3.11. The van der Waals surface area contributed by atoms with Crippen LogP contribution in [0.3, 0.4) is 0 Å². The van der Waals surface area contributed by atoms with Crippen LogP contribution in [0.25, 0.3) is 6.08 Å². The maximum absolute atomic E-state index is 14.2. The first-order valence-corrected chi connectivity index (χ1v) is 10.8. The maximum atomic E-state index is 14.2. The third kappa shape index (κ3) is 3.30. The minimum absolute atomic E-state index is 0.0864. The molecule has 6 heteroatoms. The number of ether oxygens (including phenoxy) is 2. The molecule has 5 rings (SSSR count). The average molecular weight is 428 g/mol. The van der Waals surface area contributed by atoms with Crippen LogP contribution < -0.4 is 9.47 Å². The molecule has 0 atom stereocenters. The van der Waals surface area contributed by atoms with Gasteiger partial charge in [-0.2, -0.15) is 0 Å². The van der Waals surface area contributed by atoms with Crippen molar-refractivity contribution in [2.75, 3.05) is 6.73 Å². The number of aryl methyl sites for hydroxylation is 1. The van der Waals surface area contributed by atoms with Crippen LogP contribution in [-0.4, -0.2) is 23.5 Å². The third-order valence-electron chi connectivity index (χ3n) is 6.32. The average Bonchev–Trinajstić information content (AvgIpc) is 3.08. The van der Waals surface area contributed by atoms with E-state index >= 15 is 0 Å². The fraction of sp³-hybridized carbons (Fsp3) is 0.375. The number of ketones is 1. The zero-order valence-corrected chi connectivity index (χ0v) is 17.6. The number of Topliss-reactive ketones (excluding diaryl/α,β-unsaturated/α-hetero) is 1. The van der Waals surface area contributed by atoms with Gasteiger partial charge in [0.05, 0.1) is 16.1 Å². The van der Waals surface area contributed by atoms with Crippen molar-refractivity contribution in [2.45, 2.75) is 51.6 Å². The summed E-state index contributed by atoms with van der Waals surface area (Å²) in [5, 5.41) is 0.236. The van der Waals surface area contributed by atoms with Crippen LogP contribution >= 0.6 is 11.6 Å². The molecule has 1 aliphatic carbocycles. The SMILES string of the molecule is Cc1cc2c(c3c1C(=O)/C(=C/c1c(F)cccc1Cl)O3)CN(C1CCCCC1)CO2. The van der Waals surface area contributed by atoms with Crippen molar-refractivity contribution in [3.8, 4) is 11.5 Å². The largest absolute Gasteiger partial charge is 0.478 e. The molecule has 0 unspecified atom stereocenters. The number of rotatable bonds is 2. The van der Waals surface area contributed by atoms with Crippen molar-refractivity contribution in [1.82, 2.24) is 4.90 Å². The molecule has 0 spiro atoms. The number of carbonyl (C=O) groups excluding carboxylic acids is 1.